The molecule has 7 nitrogen and oxygen atoms in total. The van der Waals surface area contributed by atoms with Crippen molar-refractivity contribution in [3.63, 3.8) is 0 Å². The Kier molecular flexibility index (Phi) is 5.80. The molecular weight excluding hydrogens is 461 g/mol. The molecule has 0 atom stereocenters. The molecule has 5 rings (SSSR count). The number of rotatable bonds is 7. The number of carbonyl (C=O) groups is 1. The summed E-state index contributed by atoms with van der Waals surface area (Å²) >= 11 is 0. The molecule has 0 radical (unpaired) electrons. The highest BCUT2D eigenvalue weighted by molar-refractivity contribution is 5.96. The molecule has 10 heteroatoms. The van der Waals surface area contributed by atoms with Gasteiger partial charge >= 0.3 is 12.3 Å². The average Bonchev–Trinajstić information content (AvgIpc) is 3.44. The summed E-state index contributed by atoms with van der Waals surface area (Å²) in [6.07, 6.45) is 0.381. The van der Waals surface area contributed by atoms with Gasteiger partial charge in [0.1, 0.15) is 17.3 Å². The second kappa shape index (κ2) is 8.94. The summed E-state index contributed by atoms with van der Waals surface area (Å²) in [7, 11) is 1.30. The van der Waals surface area contributed by atoms with E-state index >= 15 is 0 Å². The normalized spacial score (nSPS) is 13.6. The Balaban J connectivity index is 1.55. The highest BCUT2D eigenvalue weighted by Gasteiger charge is 2.35. The molecule has 0 aliphatic heterocycles. The number of halogens is 3. The van der Waals surface area contributed by atoms with Gasteiger partial charge in [-0.25, -0.2) is 9.78 Å². The summed E-state index contributed by atoms with van der Waals surface area (Å²) in [6.45, 7) is 0.547. The van der Waals surface area contributed by atoms with Crippen LogP contribution in [0.1, 0.15) is 34.9 Å². The van der Waals surface area contributed by atoms with Crippen molar-refractivity contribution < 1.29 is 27.4 Å². The first-order valence-corrected chi connectivity index (χ1v) is 11.0. The van der Waals surface area contributed by atoms with Crippen LogP contribution in [0.2, 0.25) is 0 Å². The van der Waals surface area contributed by atoms with Crippen molar-refractivity contribution in [1.29, 1.82) is 0 Å². The van der Waals surface area contributed by atoms with E-state index in [-0.39, 0.29) is 11.8 Å². The van der Waals surface area contributed by atoms with E-state index in [0.717, 1.165) is 18.4 Å². The lowest BCUT2D eigenvalue weighted by molar-refractivity contribution is -0.274. The Bertz CT molecular complexity index is 1340. The van der Waals surface area contributed by atoms with Gasteiger partial charge in [0.15, 0.2) is 5.69 Å². The number of benzene rings is 2. The molecule has 4 aromatic rings. The molecule has 2 aromatic carbocycles. The maximum atomic E-state index is 12.9. The second-order valence-corrected chi connectivity index (χ2v) is 8.21. The largest absolute Gasteiger partial charge is 0.573 e. The van der Waals surface area contributed by atoms with Gasteiger partial charge in [0.25, 0.3) is 0 Å². The lowest BCUT2D eigenvalue weighted by atomic mass is 10.2. The van der Waals surface area contributed by atoms with E-state index < -0.39 is 12.3 Å². The third-order valence-corrected chi connectivity index (χ3v) is 5.64. The molecule has 0 N–H and O–H groups in total. The third-order valence-electron chi connectivity index (χ3n) is 5.64. The van der Waals surface area contributed by atoms with Gasteiger partial charge in [-0.15, -0.1) is 13.2 Å². The van der Waals surface area contributed by atoms with Crippen molar-refractivity contribution in [2.24, 2.45) is 0 Å². The number of hydrogen-bond acceptors (Lipinski definition) is 5. The average molecular weight is 482 g/mol. The van der Waals surface area contributed by atoms with Gasteiger partial charge < -0.3 is 14.0 Å². The molecule has 1 aliphatic carbocycles. The van der Waals surface area contributed by atoms with Gasteiger partial charge in [0.2, 0.25) is 0 Å². The molecule has 2 heterocycles. The number of imidazole rings is 1. The Hall–Kier alpha value is -4.08. The molecule has 2 aromatic heterocycles. The van der Waals surface area contributed by atoms with Gasteiger partial charge in [-0.05, 0) is 42.7 Å². The van der Waals surface area contributed by atoms with Gasteiger partial charge in [-0.3, -0.25) is 4.68 Å². The highest BCUT2D eigenvalue weighted by atomic mass is 19.4. The third kappa shape index (κ3) is 4.91. The predicted octanol–water partition coefficient (Wildman–Crippen LogP) is 5.48. The SMILES string of the molecule is COC(=O)c1c(-c2cnn(Cc3ccccc3)c2)nc(-c2ccc(OC(F)(F)F)cc2)n1C1CC1. The summed E-state index contributed by atoms with van der Waals surface area (Å²) in [5.74, 6) is -0.405. The van der Waals surface area contributed by atoms with Crippen molar-refractivity contribution in [1.82, 2.24) is 19.3 Å². The number of methoxy groups -OCH3 is 1. The standard InChI is InChI=1S/C25H21F3N4O3/c1-34-24(33)22-21(18-13-29-31(15-18)14-16-5-3-2-4-6-16)30-23(32(22)19-9-10-19)17-7-11-20(12-8-17)35-25(26,27)28/h2-8,11-13,15,19H,9-10,14H2,1H3. The van der Waals surface area contributed by atoms with E-state index in [1.807, 2.05) is 41.1 Å². The Morgan fingerprint density at radius 3 is 2.40 bits per heavy atom. The van der Waals surface area contributed by atoms with Crippen LogP contribution in [0.25, 0.3) is 22.6 Å². The monoisotopic (exact) mass is 482 g/mol. The quantitative estimate of drug-likeness (QED) is 0.326. The molecule has 0 bridgehead atoms. The first kappa shape index (κ1) is 22.7. The van der Waals surface area contributed by atoms with Crippen LogP contribution in [0.4, 0.5) is 13.2 Å². The molecule has 1 fully saturated rings. The minimum Gasteiger partial charge on any atom is -0.464 e. The van der Waals surface area contributed by atoms with E-state index in [1.165, 1.54) is 31.4 Å². The highest BCUT2D eigenvalue weighted by Crippen LogP contribution is 2.43. The van der Waals surface area contributed by atoms with Crippen LogP contribution in [0.3, 0.4) is 0 Å². The first-order chi connectivity index (χ1) is 16.8. The zero-order chi connectivity index (χ0) is 24.6. The first-order valence-electron chi connectivity index (χ1n) is 11.0. The van der Waals surface area contributed by atoms with Gasteiger partial charge in [0.05, 0.1) is 19.9 Å². The lowest BCUT2D eigenvalue weighted by Gasteiger charge is -2.11. The van der Waals surface area contributed by atoms with E-state index in [1.54, 1.807) is 10.9 Å². The zero-order valence-corrected chi connectivity index (χ0v) is 18.7. The Labute approximate surface area is 198 Å². The number of carbonyl (C=O) groups excluding carboxylic acids is 1. The lowest BCUT2D eigenvalue weighted by Crippen LogP contribution is -2.17. The van der Waals surface area contributed by atoms with Gasteiger partial charge in [-0.1, -0.05) is 30.3 Å². The molecule has 1 aliphatic rings. The van der Waals surface area contributed by atoms with Crippen molar-refractivity contribution >= 4 is 5.97 Å². The van der Waals surface area contributed by atoms with Crippen molar-refractivity contribution in [2.75, 3.05) is 7.11 Å². The number of alkyl halides is 3. The van der Waals surface area contributed by atoms with Crippen molar-refractivity contribution in [3.8, 4) is 28.4 Å². The molecule has 0 amide bonds. The zero-order valence-electron chi connectivity index (χ0n) is 18.7. The van der Waals surface area contributed by atoms with Crippen LogP contribution in [0.5, 0.6) is 5.75 Å². The van der Waals surface area contributed by atoms with Crippen molar-refractivity contribution in [2.45, 2.75) is 31.8 Å². The number of hydrogen-bond donors (Lipinski definition) is 0. The molecule has 35 heavy (non-hydrogen) atoms. The maximum absolute atomic E-state index is 12.9. The van der Waals surface area contributed by atoms with Crippen LogP contribution in [0.15, 0.2) is 67.0 Å². The van der Waals surface area contributed by atoms with Crippen LogP contribution in [-0.2, 0) is 11.3 Å². The fraction of sp³-hybridized carbons (Fsp3) is 0.240. The minimum atomic E-state index is -4.78. The summed E-state index contributed by atoms with van der Waals surface area (Å²) in [5.41, 5.74) is 2.97. The summed E-state index contributed by atoms with van der Waals surface area (Å²) in [4.78, 5) is 17.6. The summed E-state index contributed by atoms with van der Waals surface area (Å²) in [5, 5.41) is 4.42. The number of nitrogens with zero attached hydrogens (tertiary/aromatic N) is 4. The van der Waals surface area contributed by atoms with Crippen LogP contribution in [-0.4, -0.2) is 38.8 Å². The number of aromatic nitrogens is 4. The fourth-order valence-corrected chi connectivity index (χ4v) is 3.97. The topological polar surface area (TPSA) is 71.2 Å². The van der Waals surface area contributed by atoms with Gasteiger partial charge in [-0.2, -0.15) is 5.10 Å². The van der Waals surface area contributed by atoms with Crippen LogP contribution in [0, 0.1) is 0 Å². The maximum Gasteiger partial charge on any atom is 0.573 e. The van der Waals surface area contributed by atoms with E-state index in [2.05, 4.69) is 9.84 Å². The molecule has 1 saturated carbocycles. The van der Waals surface area contributed by atoms with Crippen molar-refractivity contribution in [3.05, 3.63) is 78.2 Å². The second-order valence-electron chi connectivity index (χ2n) is 8.21. The molecule has 0 saturated heterocycles. The Morgan fingerprint density at radius 1 is 1.06 bits per heavy atom. The molecule has 0 unspecified atom stereocenters. The molecular formula is C25H21F3N4O3. The van der Waals surface area contributed by atoms with Crippen LogP contribution < -0.4 is 4.74 Å². The van der Waals surface area contributed by atoms with Gasteiger partial charge in [0, 0.05) is 23.4 Å². The van der Waals surface area contributed by atoms with E-state index in [9.17, 15) is 18.0 Å². The predicted molar refractivity (Wildman–Crippen MR) is 121 cm³/mol. The van der Waals surface area contributed by atoms with E-state index in [0.29, 0.717) is 34.9 Å². The number of ether oxygens (including phenoxy) is 2. The number of esters is 1. The van der Waals surface area contributed by atoms with E-state index in [4.69, 9.17) is 9.72 Å². The van der Waals surface area contributed by atoms with Crippen LogP contribution >= 0.6 is 0 Å². The minimum absolute atomic E-state index is 0.0471. The fourth-order valence-electron chi connectivity index (χ4n) is 3.97. The summed E-state index contributed by atoms with van der Waals surface area (Å²) < 4.78 is 50.3. The summed E-state index contributed by atoms with van der Waals surface area (Å²) in [6, 6.07) is 15.3. The molecule has 0 spiro atoms. The molecule has 180 valence electrons. The smallest absolute Gasteiger partial charge is 0.464 e. The Morgan fingerprint density at radius 2 is 1.77 bits per heavy atom.